The van der Waals surface area contributed by atoms with Gasteiger partial charge in [-0.1, -0.05) is 30.0 Å². The molecular formula is C20H15F2N5OS. The van der Waals surface area contributed by atoms with Gasteiger partial charge in [-0.05, 0) is 23.8 Å². The number of aromatic nitrogens is 2. The molecule has 0 saturated carbocycles. The van der Waals surface area contributed by atoms with Crippen molar-refractivity contribution in [3.8, 4) is 11.4 Å². The first kappa shape index (κ1) is 19.0. The summed E-state index contributed by atoms with van der Waals surface area (Å²) in [5.74, 6) is -0.614. The second kappa shape index (κ2) is 7.96. The minimum atomic E-state index is -0.688. The third-order valence-corrected chi connectivity index (χ3v) is 5.05. The van der Waals surface area contributed by atoms with Crippen molar-refractivity contribution in [2.45, 2.75) is 6.54 Å². The maximum Gasteiger partial charge on any atom is 0.302 e. The fourth-order valence-corrected chi connectivity index (χ4v) is 3.59. The predicted molar refractivity (Wildman–Crippen MR) is 108 cm³/mol. The summed E-state index contributed by atoms with van der Waals surface area (Å²) in [5.41, 5.74) is 8.43. The van der Waals surface area contributed by atoms with Crippen LogP contribution in [0.25, 0.3) is 11.4 Å². The number of nitrogens with two attached hydrogens (primary N) is 1. The number of halogens is 2. The fourth-order valence-electron chi connectivity index (χ4n) is 2.85. The number of amides is 1. The van der Waals surface area contributed by atoms with E-state index in [9.17, 15) is 13.6 Å². The van der Waals surface area contributed by atoms with E-state index in [-0.39, 0.29) is 17.5 Å². The molecule has 0 bridgehead atoms. The Morgan fingerprint density at radius 3 is 2.48 bits per heavy atom. The maximum absolute atomic E-state index is 13.5. The van der Waals surface area contributed by atoms with Gasteiger partial charge in [0.05, 0.1) is 30.3 Å². The summed E-state index contributed by atoms with van der Waals surface area (Å²) in [6.07, 6.45) is 3.04. The number of hydrogen-bond donors (Lipinski definition) is 1. The van der Waals surface area contributed by atoms with Crippen LogP contribution in [0.15, 0.2) is 60.0 Å². The van der Waals surface area contributed by atoms with Crippen LogP contribution in [0.4, 0.5) is 19.3 Å². The third-order valence-electron chi connectivity index (χ3n) is 4.17. The number of rotatable bonds is 4. The summed E-state index contributed by atoms with van der Waals surface area (Å²) in [7, 11) is 0. The van der Waals surface area contributed by atoms with Crippen LogP contribution in [0.1, 0.15) is 11.1 Å². The van der Waals surface area contributed by atoms with Crippen molar-refractivity contribution in [2.24, 2.45) is 5.10 Å². The zero-order valence-corrected chi connectivity index (χ0v) is 15.9. The Bertz CT molecular complexity index is 1080. The van der Waals surface area contributed by atoms with E-state index >= 15 is 0 Å². The third kappa shape index (κ3) is 4.40. The van der Waals surface area contributed by atoms with Gasteiger partial charge in [0.25, 0.3) is 0 Å². The van der Waals surface area contributed by atoms with E-state index in [1.165, 1.54) is 29.5 Å². The lowest BCUT2D eigenvalue weighted by Crippen LogP contribution is -2.29. The second-order valence-electron chi connectivity index (χ2n) is 6.36. The Morgan fingerprint density at radius 1 is 1.03 bits per heavy atom. The molecule has 0 radical (unpaired) electrons. The SMILES string of the molecule is Nc1cnc(-c2cccc(CN3N=C(c4cc(F)cc(F)c4)CSC3=O)c2)nc1. The molecule has 0 unspecified atom stereocenters. The van der Waals surface area contributed by atoms with Crippen molar-refractivity contribution in [3.05, 3.63) is 77.6 Å². The summed E-state index contributed by atoms with van der Waals surface area (Å²) in [6.45, 7) is 0.204. The minimum Gasteiger partial charge on any atom is -0.396 e. The molecule has 1 aliphatic rings. The number of thioether (sulfide) groups is 1. The van der Waals surface area contributed by atoms with Crippen LogP contribution in [0.5, 0.6) is 0 Å². The molecule has 0 spiro atoms. The van der Waals surface area contributed by atoms with Gasteiger partial charge in [0, 0.05) is 22.9 Å². The molecule has 0 fully saturated rings. The van der Waals surface area contributed by atoms with Gasteiger partial charge in [-0.3, -0.25) is 4.79 Å². The number of nitrogen functional groups attached to an aromatic ring is 1. The molecule has 2 heterocycles. The van der Waals surface area contributed by atoms with Crippen LogP contribution in [0.2, 0.25) is 0 Å². The molecular weight excluding hydrogens is 396 g/mol. The summed E-state index contributed by atoms with van der Waals surface area (Å²) in [4.78, 5) is 20.7. The number of anilines is 1. The first-order valence-corrected chi connectivity index (χ1v) is 9.61. The van der Waals surface area contributed by atoms with Crippen LogP contribution in [-0.4, -0.2) is 31.7 Å². The fraction of sp³-hybridized carbons (Fsp3) is 0.100. The molecule has 1 aliphatic heterocycles. The van der Waals surface area contributed by atoms with Crippen LogP contribution >= 0.6 is 11.8 Å². The highest BCUT2D eigenvalue weighted by molar-refractivity contribution is 8.14. The molecule has 0 aliphatic carbocycles. The summed E-state index contributed by atoms with van der Waals surface area (Å²) in [5, 5.41) is 5.37. The van der Waals surface area contributed by atoms with E-state index in [4.69, 9.17) is 5.73 Å². The molecule has 0 atom stereocenters. The molecule has 4 rings (SSSR count). The highest BCUT2D eigenvalue weighted by Gasteiger charge is 2.23. The maximum atomic E-state index is 13.5. The zero-order valence-electron chi connectivity index (χ0n) is 15.0. The van der Waals surface area contributed by atoms with Crippen molar-refractivity contribution in [3.63, 3.8) is 0 Å². The topological polar surface area (TPSA) is 84.5 Å². The van der Waals surface area contributed by atoms with Crippen LogP contribution in [0, 0.1) is 11.6 Å². The molecule has 0 saturated heterocycles. The van der Waals surface area contributed by atoms with Gasteiger partial charge in [0.15, 0.2) is 5.82 Å². The Hall–Kier alpha value is -3.33. The van der Waals surface area contributed by atoms with Gasteiger partial charge in [0.1, 0.15) is 11.6 Å². The second-order valence-corrected chi connectivity index (χ2v) is 7.28. The Morgan fingerprint density at radius 2 is 1.76 bits per heavy atom. The van der Waals surface area contributed by atoms with Gasteiger partial charge in [-0.2, -0.15) is 5.10 Å². The van der Waals surface area contributed by atoms with Crippen molar-refractivity contribution in [1.82, 2.24) is 15.0 Å². The molecule has 146 valence electrons. The summed E-state index contributed by atoms with van der Waals surface area (Å²) < 4.78 is 27.1. The Balaban J connectivity index is 1.60. The molecule has 3 aromatic rings. The summed E-state index contributed by atoms with van der Waals surface area (Å²) >= 11 is 1.04. The largest absolute Gasteiger partial charge is 0.396 e. The predicted octanol–water partition coefficient (Wildman–Crippen LogP) is 4.08. The normalized spacial score (nSPS) is 14.1. The van der Waals surface area contributed by atoms with E-state index in [1.54, 1.807) is 0 Å². The van der Waals surface area contributed by atoms with Crippen molar-refractivity contribution in [2.75, 3.05) is 11.5 Å². The number of benzene rings is 2. The van der Waals surface area contributed by atoms with E-state index in [1.807, 2.05) is 24.3 Å². The van der Waals surface area contributed by atoms with Gasteiger partial charge in [0.2, 0.25) is 0 Å². The summed E-state index contributed by atoms with van der Waals surface area (Å²) in [6, 6.07) is 10.6. The van der Waals surface area contributed by atoms with Crippen molar-refractivity contribution < 1.29 is 13.6 Å². The average Bonchev–Trinajstić information content (AvgIpc) is 2.70. The minimum absolute atomic E-state index is 0.204. The van der Waals surface area contributed by atoms with E-state index < -0.39 is 11.6 Å². The first-order valence-electron chi connectivity index (χ1n) is 8.63. The number of carbonyl (C=O) groups is 1. The highest BCUT2D eigenvalue weighted by Crippen LogP contribution is 2.24. The van der Waals surface area contributed by atoms with E-state index in [0.717, 1.165) is 29.0 Å². The molecule has 6 nitrogen and oxygen atoms in total. The molecule has 1 aromatic heterocycles. The van der Waals surface area contributed by atoms with Gasteiger partial charge >= 0.3 is 5.24 Å². The van der Waals surface area contributed by atoms with E-state index in [0.29, 0.717) is 22.8 Å². The lowest BCUT2D eigenvalue weighted by Gasteiger charge is -2.23. The Labute approximate surface area is 169 Å². The number of hydrazone groups is 1. The smallest absolute Gasteiger partial charge is 0.302 e. The first-order chi connectivity index (χ1) is 14.0. The molecule has 9 heteroatoms. The quantitative estimate of drug-likeness (QED) is 0.699. The average molecular weight is 411 g/mol. The van der Waals surface area contributed by atoms with Gasteiger partial charge in [-0.25, -0.2) is 23.8 Å². The number of hydrogen-bond acceptors (Lipinski definition) is 6. The number of carbonyl (C=O) groups excluding carboxylic acids is 1. The van der Waals surface area contributed by atoms with E-state index in [2.05, 4.69) is 15.1 Å². The van der Waals surface area contributed by atoms with Gasteiger partial charge in [-0.15, -0.1) is 0 Å². The zero-order chi connectivity index (χ0) is 20.4. The number of nitrogens with zero attached hydrogens (tertiary/aromatic N) is 4. The Kier molecular flexibility index (Phi) is 5.22. The molecule has 2 aromatic carbocycles. The highest BCUT2D eigenvalue weighted by atomic mass is 32.2. The lowest BCUT2D eigenvalue weighted by atomic mass is 10.1. The monoisotopic (exact) mass is 411 g/mol. The van der Waals surface area contributed by atoms with Crippen LogP contribution in [0.3, 0.4) is 0 Å². The van der Waals surface area contributed by atoms with Crippen molar-refractivity contribution in [1.29, 1.82) is 0 Å². The molecule has 29 heavy (non-hydrogen) atoms. The molecule has 2 N–H and O–H groups in total. The molecule has 1 amide bonds. The lowest BCUT2D eigenvalue weighted by molar-refractivity contribution is 0.222. The van der Waals surface area contributed by atoms with Crippen molar-refractivity contribution >= 4 is 28.4 Å². The van der Waals surface area contributed by atoms with Crippen LogP contribution in [-0.2, 0) is 6.54 Å². The van der Waals surface area contributed by atoms with Crippen LogP contribution < -0.4 is 5.73 Å². The standard InChI is InChI=1S/C20H15F2N5OS/c21-15-5-14(6-16(22)7-15)18-11-29-20(28)27(26-18)10-12-2-1-3-13(4-12)19-24-8-17(23)9-25-19/h1-9H,10-11,23H2. The van der Waals surface area contributed by atoms with Gasteiger partial charge < -0.3 is 5.73 Å².